The van der Waals surface area contributed by atoms with Crippen LogP contribution in [0, 0.1) is 6.92 Å². The molecule has 0 saturated carbocycles. The summed E-state index contributed by atoms with van der Waals surface area (Å²) in [5.74, 6) is 0.275. The second-order valence-corrected chi connectivity index (χ2v) is 6.69. The van der Waals surface area contributed by atoms with E-state index in [1.165, 1.54) is 0 Å². The van der Waals surface area contributed by atoms with E-state index in [0.29, 0.717) is 34.3 Å². The highest BCUT2D eigenvalue weighted by atomic mass is 35.5. The number of ether oxygens (including phenoxy) is 1. The first kappa shape index (κ1) is 17.3. The standard InChI is InChI=1S/C20H16ClN3O3/c1-12-9-18(24-19(25)15-5-3-4-6-16(15)20(24)26)22-23(12)11-13-10-14(21)7-8-17(13)27-2/h3-10H,11H2,1-2H3. The average Bonchev–Trinajstić information content (AvgIpc) is 3.13. The lowest BCUT2D eigenvalue weighted by Gasteiger charge is -2.11. The van der Waals surface area contributed by atoms with Crippen LogP contribution in [-0.2, 0) is 6.54 Å². The van der Waals surface area contributed by atoms with Crippen LogP contribution in [0.3, 0.4) is 0 Å². The molecule has 136 valence electrons. The molecule has 0 N–H and O–H groups in total. The van der Waals surface area contributed by atoms with Gasteiger partial charge in [0.15, 0.2) is 5.82 Å². The van der Waals surface area contributed by atoms with E-state index in [1.54, 1.807) is 54.3 Å². The fourth-order valence-corrected chi connectivity index (χ4v) is 3.39. The number of nitrogens with zero attached hydrogens (tertiary/aromatic N) is 3. The Hall–Kier alpha value is -3.12. The lowest BCUT2D eigenvalue weighted by atomic mass is 10.1. The normalized spacial score (nSPS) is 13.2. The minimum Gasteiger partial charge on any atom is -0.496 e. The first-order valence-electron chi connectivity index (χ1n) is 8.34. The van der Waals surface area contributed by atoms with Crippen molar-refractivity contribution in [1.29, 1.82) is 0 Å². The summed E-state index contributed by atoms with van der Waals surface area (Å²) in [4.78, 5) is 26.4. The molecule has 27 heavy (non-hydrogen) atoms. The van der Waals surface area contributed by atoms with Crippen LogP contribution < -0.4 is 9.64 Å². The van der Waals surface area contributed by atoms with Crippen molar-refractivity contribution in [2.45, 2.75) is 13.5 Å². The van der Waals surface area contributed by atoms with Gasteiger partial charge in [-0.15, -0.1) is 0 Å². The highest BCUT2D eigenvalue weighted by Crippen LogP contribution is 2.29. The van der Waals surface area contributed by atoms with Crippen molar-refractivity contribution in [3.63, 3.8) is 0 Å². The molecule has 3 aromatic rings. The Balaban J connectivity index is 1.68. The first-order chi connectivity index (χ1) is 13.0. The van der Waals surface area contributed by atoms with Gasteiger partial charge < -0.3 is 4.74 Å². The van der Waals surface area contributed by atoms with Crippen LogP contribution in [0.15, 0.2) is 48.5 Å². The maximum Gasteiger partial charge on any atom is 0.267 e. The van der Waals surface area contributed by atoms with E-state index >= 15 is 0 Å². The number of aromatic nitrogens is 2. The van der Waals surface area contributed by atoms with E-state index in [-0.39, 0.29) is 11.8 Å². The molecule has 0 atom stereocenters. The Morgan fingerprint density at radius 1 is 1.04 bits per heavy atom. The Bertz CT molecular complexity index is 1040. The average molecular weight is 382 g/mol. The summed E-state index contributed by atoms with van der Waals surface area (Å²) >= 11 is 6.10. The number of rotatable bonds is 4. The minimum atomic E-state index is -0.361. The lowest BCUT2D eigenvalue weighted by molar-refractivity contribution is 0.0925. The summed E-state index contributed by atoms with van der Waals surface area (Å²) in [6.45, 7) is 2.27. The number of benzene rings is 2. The Labute approximate surface area is 160 Å². The van der Waals surface area contributed by atoms with Gasteiger partial charge in [-0.25, -0.2) is 4.90 Å². The van der Waals surface area contributed by atoms with E-state index in [1.807, 2.05) is 13.0 Å². The molecule has 0 unspecified atom stereocenters. The van der Waals surface area contributed by atoms with Gasteiger partial charge in [-0.2, -0.15) is 5.10 Å². The number of hydrogen-bond donors (Lipinski definition) is 0. The Kier molecular flexibility index (Phi) is 4.20. The van der Waals surface area contributed by atoms with E-state index in [0.717, 1.165) is 16.2 Å². The summed E-state index contributed by atoms with van der Waals surface area (Å²) in [5, 5.41) is 5.07. The third-order valence-electron chi connectivity index (χ3n) is 4.55. The topological polar surface area (TPSA) is 64.4 Å². The second-order valence-electron chi connectivity index (χ2n) is 6.25. The van der Waals surface area contributed by atoms with Crippen molar-refractivity contribution < 1.29 is 14.3 Å². The molecule has 2 heterocycles. The molecule has 1 aliphatic rings. The number of amides is 2. The maximum absolute atomic E-state index is 12.6. The number of halogens is 1. The summed E-state index contributed by atoms with van der Waals surface area (Å²) < 4.78 is 7.09. The van der Waals surface area contributed by atoms with E-state index < -0.39 is 0 Å². The first-order valence-corrected chi connectivity index (χ1v) is 8.72. The molecule has 7 heteroatoms. The van der Waals surface area contributed by atoms with Crippen LogP contribution in [0.1, 0.15) is 32.0 Å². The smallest absolute Gasteiger partial charge is 0.267 e. The van der Waals surface area contributed by atoms with E-state index in [2.05, 4.69) is 5.10 Å². The molecular formula is C20H16ClN3O3. The molecule has 0 spiro atoms. The fraction of sp³-hybridized carbons (Fsp3) is 0.150. The SMILES string of the molecule is COc1ccc(Cl)cc1Cn1nc(N2C(=O)c3ccccc3C2=O)cc1C. The minimum absolute atomic E-state index is 0.305. The number of methoxy groups -OCH3 is 1. The van der Waals surface area contributed by atoms with Crippen LogP contribution >= 0.6 is 11.6 Å². The van der Waals surface area contributed by atoms with Crippen LogP contribution in [0.25, 0.3) is 0 Å². The summed E-state index contributed by atoms with van der Waals surface area (Å²) in [6.07, 6.45) is 0. The molecule has 0 aliphatic carbocycles. The van der Waals surface area contributed by atoms with Crippen molar-refractivity contribution in [2.75, 3.05) is 12.0 Å². The number of aryl methyl sites for hydroxylation is 1. The van der Waals surface area contributed by atoms with Crippen LogP contribution in [0.4, 0.5) is 5.82 Å². The van der Waals surface area contributed by atoms with Gasteiger partial charge in [0.25, 0.3) is 11.8 Å². The molecule has 0 radical (unpaired) electrons. The number of fused-ring (bicyclic) bond motifs is 1. The third kappa shape index (κ3) is 2.88. The van der Waals surface area contributed by atoms with Crippen molar-refractivity contribution in [3.8, 4) is 5.75 Å². The van der Waals surface area contributed by atoms with Crippen molar-refractivity contribution in [3.05, 3.63) is 75.9 Å². The highest BCUT2D eigenvalue weighted by Gasteiger charge is 2.37. The summed E-state index contributed by atoms with van der Waals surface area (Å²) in [5.41, 5.74) is 2.45. The second kappa shape index (κ2) is 6.55. The van der Waals surface area contributed by atoms with Gasteiger partial charge in [0.05, 0.1) is 24.8 Å². The Morgan fingerprint density at radius 3 is 2.33 bits per heavy atom. The van der Waals surface area contributed by atoms with E-state index in [4.69, 9.17) is 16.3 Å². The zero-order chi connectivity index (χ0) is 19.1. The van der Waals surface area contributed by atoms with E-state index in [9.17, 15) is 9.59 Å². The number of carbonyl (C=O) groups is 2. The molecule has 4 rings (SSSR count). The van der Waals surface area contributed by atoms with Gasteiger partial charge in [0.2, 0.25) is 0 Å². The number of imide groups is 1. The van der Waals surface area contributed by atoms with Crippen LogP contribution in [0.5, 0.6) is 5.75 Å². The van der Waals surface area contributed by atoms with Gasteiger partial charge in [-0.05, 0) is 37.3 Å². The molecular weight excluding hydrogens is 366 g/mol. The monoisotopic (exact) mass is 381 g/mol. The van der Waals surface area contributed by atoms with Crippen molar-refractivity contribution >= 4 is 29.2 Å². The zero-order valence-corrected chi connectivity index (χ0v) is 15.5. The van der Waals surface area contributed by atoms with Gasteiger partial charge in [-0.3, -0.25) is 14.3 Å². The molecule has 0 saturated heterocycles. The number of hydrogen-bond acceptors (Lipinski definition) is 4. The molecule has 1 aliphatic heterocycles. The molecule has 0 bridgehead atoms. The Morgan fingerprint density at radius 2 is 1.70 bits per heavy atom. The number of anilines is 1. The fourth-order valence-electron chi connectivity index (χ4n) is 3.19. The van der Waals surface area contributed by atoms with Crippen molar-refractivity contribution in [2.24, 2.45) is 0 Å². The van der Waals surface area contributed by atoms with Gasteiger partial charge in [0.1, 0.15) is 5.75 Å². The van der Waals surface area contributed by atoms with Gasteiger partial charge in [-0.1, -0.05) is 23.7 Å². The largest absolute Gasteiger partial charge is 0.496 e. The molecule has 2 aromatic carbocycles. The predicted molar refractivity (Wildman–Crippen MR) is 102 cm³/mol. The maximum atomic E-state index is 12.6. The van der Waals surface area contributed by atoms with Crippen molar-refractivity contribution in [1.82, 2.24) is 9.78 Å². The summed E-state index contributed by atoms with van der Waals surface area (Å²) in [6, 6.07) is 13.9. The van der Waals surface area contributed by atoms with Gasteiger partial charge in [0, 0.05) is 22.3 Å². The zero-order valence-electron chi connectivity index (χ0n) is 14.8. The predicted octanol–water partition coefficient (Wildman–Crippen LogP) is 3.70. The van der Waals surface area contributed by atoms with Crippen LogP contribution in [0.2, 0.25) is 5.02 Å². The lowest BCUT2D eigenvalue weighted by Crippen LogP contribution is -2.29. The molecule has 2 amide bonds. The van der Waals surface area contributed by atoms with Crippen LogP contribution in [-0.4, -0.2) is 28.7 Å². The quantitative estimate of drug-likeness (QED) is 0.646. The summed E-state index contributed by atoms with van der Waals surface area (Å²) in [7, 11) is 1.59. The van der Waals surface area contributed by atoms with Gasteiger partial charge >= 0.3 is 0 Å². The molecule has 1 aromatic heterocycles. The number of carbonyl (C=O) groups excluding carboxylic acids is 2. The molecule has 0 fully saturated rings. The molecule has 6 nitrogen and oxygen atoms in total. The highest BCUT2D eigenvalue weighted by molar-refractivity contribution is 6.34. The third-order valence-corrected chi connectivity index (χ3v) is 4.79.